The number of hydrogen-bond acceptors (Lipinski definition) is 3. The molecule has 0 spiro atoms. The maximum Gasteiger partial charge on any atom is 0.226 e. The highest BCUT2D eigenvalue weighted by molar-refractivity contribution is 5.94. The molecule has 32 heavy (non-hydrogen) atoms. The molecule has 1 unspecified atom stereocenters. The molecule has 0 aliphatic rings. The molecule has 0 saturated heterocycles. The van der Waals surface area contributed by atoms with Crippen LogP contribution in [0.25, 0.3) is 22.4 Å². The first-order chi connectivity index (χ1) is 15.4. The number of aromatic amines is 1. The summed E-state index contributed by atoms with van der Waals surface area (Å²) in [7, 11) is 0. The first-order valence-electron chi connectivity index (χ1n) is 10.3. The van der Waals surface area contributed by atoms with Crippen molar-refractivity contribution in [3.63, 3.8) is 0 Å². The van der Waals surface area contributed by atoms with Gasteiger partial charge in [0.15, 0.2) is 0 Å². The predicted molar refractivity (Wildman–Crippen MR) is 122 cm³/mol. The van der Waals surface area contributed by atoms with Gasteiger partial charge in [-0.05, 0) is 42.8 Å². The van der Waals surface area contributed by atoms with Crippen LogP contribution in [0.5, 0.6) is 0 Å². The largest absolute Gasteiger partial charge is 0.349 e. The zero-order valence-corrected chi connectivity index (χ0v) is 17.8. The molecule has 4 aromatic rings. The number of carbonyl (C=O) groups is 2. The number of hydrogen-bond donors (Lipinski definition) is 3. The Kier molecular flexibility index (Phi) is 5.98. The minimum atomic E-state index is -0.427. The molecule has 0 fully saturated rings. The van der Waals surface area contributed by atoms with E-state index in [2.05, 4.69) is 20.6 Å². The summed E-state index contributed by atoms with van der Waals surface area (Å²) in [5.74, 6) is -0.216. The number of fused-ring (bicyclic) bond motifs is 1. The van der Waals surface area contributed by atoms with Gasteiger partial charge in [0, 0.05) is 18.2 Å². The van der Waals surface area contributed by atoms with Crippen LogP contribution in [-0.4, -0.2) is 21.8 Å². The fraction of sp³-hybridized carbons (Fsp3) is 0.160. The molecule has 1 atom stereocenters. The summed E-state index contributed by atoms with van der Waals surface area (Å²) in [6.07, 6.45) is 0.0954. The number of nitrogens with zero attached hydrogens (tertiary/aromatic N) is 1. The lowest BCUT2D eigenvalue weighted by Gasteiger charge is -2.18. The number of H-pyrrole nitrogens is 1. The third kappa shape index (κ3) is 5.00. The first-order valence-corrected chi connectivity index (χ1v) is 10.3. The van der Waals surface area contributed by atoms with E-state index >= 15 is 0 Å². The zero-order chi connectivity index (χ0) is 22.7. The fourth-order valence-electron chi connectivity index (χ4n) is 3.55. The Morgan fingerprint density at radius 2 is 1.84 bits per heavy atom. The quantitative estimate of drug-likeness (QED) is 0.407. The van der Waals surface area contributed by atoms with E-state index in [1.165, 1.54) is 19.1 Å². The van der Waals surface area contributed by atoms with Gasteiger partial charge in [0.2, 0.25) is 11.8 Å². The van der Waals surface area contributed by atoms with Gasteiger partial charge >= 0.3 is 0 Å². The average molecular weight is 430 g/mol. The molecule has 0 saturated carbocycles. The molecule has 0 aliphatic carbocycles. The van der Waals surface area contributed by atoms with E-state index in [-0.39, 0.29) is 24.1 Å². The van der Waals surface area contributed by atoms with Crippen LogP contribution in [0.1, 0.15) is 30.5 Å². The Labute approximate surface area is 184 Å². The highest BCUT2D eigenvalue weighted by Gasteiger charge is 2.17. The van der Waals surface area contributed by atoms with Gasteiger partial charge in [0.05, 0.1) is 23.5 Å². The molecule has 2 amide bonds. The van der Waals surface area contributed by atoms with Crippen molar-refractivity contribution in [1.29, 1.82) is 0 Å². The van der Waals surface area contributed by atoms with E-state index in [9.17, 15) is 14.0 Å². The predicted octanol–water partition coefficient (Wildman–Crippen LogP) is 4.88. The summed E-state index contributed by atoms with van der Waals surface area (Å²) in [5, 5.41) is 5.72. The summed E-state index contributed by atoms with van der Waals surface area (Å²) in [6, 6.07) is 18.8. The zero-order valence-electron chi connectivity index (χ0n) is 17.8. The molecule has 3 N–H and O–H groups in total. The Balaban J connectivity index is 1.50. The van der Waals surface area contributed by atoms with E-state index in [0.717, 1.165) is 16.6 Å². The molecule has 0 aliphatic heterocycles. The normalized spacial score (nSPS) is 11.8. The van der Waals surface area contributed by atoms with Gasteiger partial charge in [-0.25, -0.2) is 9.37 Å². The lowest BCUT2D eigenvalue weighted by Crippen LogP contribution is -2.29. The molecule has 1 aromatic heterocycles. The highest BCUT2D eigenvalue weighted by Crippen LogP contribution is 2.24. The number of imidazole rings is 1. The van der Waals surface area contributed by atoms with Crippen LogP contribution in [0.15, 0.2) is 66.7 Å². The highest BCUT2D eigenvalue weighted by atomic mass is 19.1. The number of nitrogens with one attached hydrogen (secondary N) is 3. The van der Waals surface area contributed by atoms with Crippen molar-refractivity contribution in [3.8, 4) is 11.4 Å². The molecule has 7 heteroatoms. The number of benzene rings is 3. The van der Waals surface area contributed by atoms with E-state index < -0.39 is 6.04 Å². The molecular formula is C25H23FN4O2. The molecule has 4 rings (SSSR count). The summed E-state index contributed by atoms with van der Waals surface area (Å²) < 4.78 is 13.5. The smallest absolute Gasteiger partial charge is 0.226 e. The van der Waals surface area contributed by atoms with Crippen LogP contribution >= 0.6 is 0 Å². The van der Waals surface area contributed by atoms with Gasteiger partial charge in [-0.2, -0.15) is 0 Å². The third-order valence-corrected chi connectivity index (χ3v) is 5.11. The van der Waals surface area contributed by atoms with Gasteiger partial charge in [0.1, 0.15) is 11.6 Å². The van der Waals surface area contributed by atoms with E-state index in [1.54, 1.807) is 30.3 Å². The second kappa shape index (κ2) is 9.01. The van der Waals surface area contributed by atoms with E-state index in [0.29, 0.717) is 22.6 Å². The van der Waals surface area contributed by atoms with Crippen LogP contribution in [0.4, 0.5) is 10.1 Å². The van der Waals surface area contributed by atoms with Crippen LogP contribution in [0.2, 0.25) is 0 Å². The van der Waals surface area contributed by atoms with Crippen LogP contribution < -0.4 is 10.6 Å². The number of aryl methyl sites for hydroxylation is 1. The molecule has 1 heterocycles. The van der Waals surface area contributed by atoms with Gasteiger partial charge in [-0.1, -0.05) is 42.0 Å². The lowest BCUT2D eigenvalue weighted by molar-refractivity contribution is -0.120. The summed E-state index contributed by atoms with van der Waals surface area (Å²) in [4.78, 5) is 32.0. The molecule has 162 valence electrons. The monoisotopic (exact) mass is 430 g/mol. The number of anilines is 1. The summed E-state index contributed by atoms with van der Waals surface area (Å²) in [6.45, 7) is 3.41. The van der Waals surface area contributed by atoms with Crippen molar-refractivity contribution >= 4 is 28.5 Å². The summed E-state index contributed by atoms with van der Waals surface area (Å²) in [5.41, 5.74) is 4.64. The van der Waals surface area contributed by atoms with Crippen molar-refractivity contribution in [2.75, 3.05) is 5.32 Å². The van der Waals surface area contributed by atoms with E-state index in [4.69, 9.17) is 0 Å². The Bertz CT molecular complexity index is 1280. The van der Waals surface area contributed by atoms with Crippen LogP contribution in [0.3, 0.4) is 0 Å². The standard InChI is InChI=1S/C25H23FN4O2/c1-15-6-8-17(9-7-15)22(27-16(2)31)14-24(32)28-20-10-11-21-23(13-20)30-25(29-21)18-4-3-5-19(26)12-18/h3-13,22H,14H2,1-2H3,(H,27,31)(H,28,32)(H,29,30). The number of carbonyl (C=O) groups excluding carboxylic acids is 2. The number of rotatable bonds is 6. The van der Waals surface area contributed by atoms with Gasteiger partial charge in [-0.3, -0.25) is 9.59 Å². The van der Waals surface area contributed by atoms with Gasteiger partial charge in [-0.15, -0.1) is 0 Å². The SMILES string of the molecule is CC(=O)NC(CC(=O)Nc1ccc2nc(-c3cccc(F)c3)[nH]c2c1)c1ccc(C)cc1. The molecule has 3 aromatic carbocycles. The molecule has 0 bridgehead atoms. The molecule has 0 radical (unpaired) electrons. The van der Waals surface area contributed by atoms with Gasteiger partial charge < -0.3 is 15.6 Å². The minimum absolute atomic E-state index is 0.0954. The van der Waals surface area contributed by atoms with Crippen molar-refractivity contribution in [2.45, 2.75) is 26.3 Å². The molecular weight excluding hydrogens is 407 g/mol. The maximum atomic E-state index is 13.5. The van der Waals surface area contributed by atoms with E-state index in [1.807, 2.05) is 31.2 Å². The van der Waals surface area contributed by atoms with Crippen molar-refractivity contribution < 1.29 is 14.0 Å². The van der Waals surface area contributed by atoms with Crippen molar-refractivity contribution in [1.82, 2.24) is 15.3 Å². The second-order valence-electron chi connectivity index (χ2n) is 7.74. The fourth-order valence-corrected chi connectivity index (χ4v) is 3.55. The Morgan fingerprint density at radius 3 is 2.56 bits per heavy atom. The topological polar surface area (TPSA) is 86.9 Å². The lowest BCUT2D eigenvalue weighted by atomic mass is 10.0. The Morgan fingerprint density at radius 1 is 1.06 bits per heavy atom. The number of aromatic nitrogens is 2. The maximum absolute atomic E-state index is 13.5. The Hall–Kier alpha value is -4.00. The summed E-state index contributed by atoms with van der Waals surface area (Å²) >= 11 is 0. The third-order valence-electron chi connectivity index (χ3n) is 5.11. The first kappa shape index (κ1) is 21.2. The van der Waals surface area contributed by atoms with Crippen molar-refractivity contribution in [3.05, 3.63) is 83.7 Å². The number of halogens is 1. The average Bonchev–Trinajstić information content (AvgIpc) is 3.17. The van der Waals surface area contributed by atoms with Crippen LogP contribution in [0, 0.1) is 12.7 Å². The minimum Gasteiger partial charge on any atom is -0.349 e. The molecule has 6 nitrogen and oxygen atoms in total. The van der Waals surface area contributed by atoms with Crippen LogP contribution in [-0.2, 0) is 9.59 Å². The second-order valence-corrected chi connectivity index (χ2v) is 7.74. The van der Waals surface area contributed by atoms with Gasteiger partial charge in [0.25, 0.3) is 0 Å². The number of amides is 2. The van der Waals surface area contributed by atoms with Crippen molar-refractivity contribution in [2.24, 2.45) is 0 Å².